The number of aliphatic hydroxyl groups is 1. The van der Waals surface area contributed by atoms with Gasteiger partial charge >= 0.3 is 370 Å². The monoisotopic (exact) mass is 887 g/mol. The minimum absolute atomic E-state index is 0.169. The maximum absolute atomic E-state index is 13.5. The third kappa shape index (κ3) is 9.96. The van der Waals surface area contributed by atoms with Gasteiger partial charge in [-0.2, -0.15) is 0 Å². The van der Waals surface area contributed by atoms with Crippen molar-refractivity contribution in [1.82, 2.24) is 19.3 Å². The Morgan fingerprint density at radius 2 is 1.44 bits per heavy atom. The molecular weight excluding hydrogens is 830 g/mol. The Kier molecular flexibility index (Phi) is 15.0. The third-order valence-corrected chi connectivity index (χ3v) is 14.8. The second-order valence-corrected chi connectivity index (χ2v) is 18.4. The zero-order valence-corrected chi connectivity index (χ0v) is 38.2. The fourth-order valence-corrected chi connectivity index (χ4v) is 11.9. The first-order chi connectivity index (χ1) is 29.7. The second kappa shape index (κ2) is 20.0. The van der Waals surface area contributed by atoms with Crippen LogP contribution >= 0.6 is 20.2 Å². The molecule has 4 aromatic carbocycles. The Morgan fingerprint density at radius 3 is 1.95 bits per heavy atom. The summed E-state index contributed by atoms with van der Waals surface area (Å²) in [7, 11) is -0.868. The summed E-state index contributed by atoms with van der Waals surface area (Å²) in [5, 5.41) is 20.2. The average molecular weight is 888 g/mol. The summed E-state index contributed by atoms with van der Waals surface area (Å²) in [6, 6.07) is 34.0. The van der Waals surface area contributed by atoms with Crippen molar-refractivity contribution in [2.24, 2.45) is 0 Å². The number of methoxy groups -OCH3 is 2. The number of H-pyrrole nitrogens is 1. The van der Waals surface area contributed by atoms with E-state index in [0.29, 0.717) is 11.5 Å². The summed E-state index contributed by atoms with van der Waals surface area (Å²) < 4.78 is 42.2. The van der Waals surface area contributed by atoms with Gasteiger partial charge in [-0.25, -0.2) is 0 Å². The summed E-state index contributed by atoms with van der Waals surface area (Å²) in [4.78, 5) is 28.4. The molecule has 0 saturated carbocycles. The molecule has 4 N–H and O–H groups in total. The van der Waals surface area contributed by atoms with Crippen molar-refractivity contribution in [3.8, 4) is 11.5 Å². The van der Waals surface area contributed by atoms with E-state index in [1.807, 2.05) is 144 Å². The molecular formula is C46H58N5O9PS. The van der Waals surface area contributed by atoms with Crippen molar-refractivity contribution < 1.29 is 33.1 Å². The number of aromatic nitrogens is 2. The molecule has 0 bridgehead atoms. The van der Waals surface area contributed by atoms with E-state index in [4.69, 9.17) is 40.2 Å². The second-order valence-electron chi connectivity index (χ2n) is 15.6. The van der Waals surface area contributed by atoms with Gasteiger partial charge in [-0.05, 0) is 0 Å². The minimum atomic E-state index is -4.08. The Morgan fingerprint density at radius 1 is 0.903 bits per heavy atom. The molecule has 6 rings (SSSR count). The molecule has 0 radical (unpaired) electrons. The summed E-state index contributed by atoms with van der Waals surface area (Å²) in [5.41, 5.74) is 0.762. The number of rotatable bonds is 18. The number of thiocarbonyl (C=S) groups is 1. The van der Waals surface area contributed by atoms with Crippen LogP contribution in [0.3, 0.4) is 0 Å². The molecule has 1 aromatic heterocycles. The van der Waals surface area contributed by atoms with Gasteiger partial charge in [0.15, 0.2) is 0 Å². The summed E-state index contributed by atoms with van der Waals surface area (Å²) >= 11 is 5.93. The van der Waals surface area contributed by atoms with Crippen LogP contribution in [0.15, 0.2) is 125 Å². The topological polar surface area (TPSA) is 158 Å². The normalized spacial score (nSPS) is 18.3. The number of anilines is 1. The first-order valence-electron chi connectivity index (χ1n) is 20.6. The van der Waals surface area contributed by atoms with Crippen LogP contribution in [0.1, 0.15) is 69.5 Å². The predicted molar refractivity (Wildman–Crippen MR) is 247 cm³/mol. The number of para-hydroxylation sites is 1. The molecule has 2 heterocycles. The number of nitrogens with one attached hydrogen (secondary N) is 3. The van der Waals surface area contributed by atoms with Crippen molar-refractivity contribution in [3.05, 3.63) is 158 Å². The summed E-state index contributed by atoms with van der Waals surface area (Å²) in [5.74, 6) is -0.892. The van der Waals surface area contributed by atoms with Crippen LogP contribution in [0, 0.1) is 6.92 Å². The van der Waals surface area contributed by atoms with Crippen LogP contribution in [0.4, 0.5) is 5.69 Å². The number of aromatic amines is 1. The molecule has 332 valence electrons. The van der Waals surface area contributed by atoms with Gasteiger partial charge in [0.1, 0.15) is 0 Å². The number of hydrogen-bond donors (Lipinski definition) is 4. The van der Waals surface area contributed by atoms with Gasteiger partial charge in [0.25, 0.3) is 0 Å². The zero-order valence-electron chi connectivity index (χ0n) is 36.4. The van der Waals surface area contributed by atoms with E-state index >= 15 is 0 Å². The molecule has 62 heavy (non-hydrogen) atoms. The predicted octanol–water partition coefficient (Wildman–Crippen LogP) is 7.42. The summed E-state index contributed by atoms with van der Waals surface area (Å²) in [6.07, 6.45) is -1.23. The van der Waals surface area contributed by atoms with E-state index in [1.165, 1.54) is 10.8 Å². The van der Waals surface area contributed by atoms with E-state index in [1.54, 1.807) is 21.1 Å². The molecule has 0 aliphatic carbocycles. The molecule has 3 atom stereocenters. The maximum atomic E-state index is 13.5. The van der Waals surface area contributed by atoms with Gasteiger partial charge in [0.05, 0.1) is 0 Å². The van der Waals surface area contributed by atoms with Crippen molar-refractivity contribution in [2.75, 3.05) is 32.8 Å². The molecule has 1 aliphatic rings. The van der Waals surface area contributed by atoms with Crippen LogP contribution in [0.25, 0.3) is 0 Å². The van der Waals surface area contributed by atoms with Crippen LogP contribution in [0.5, 0.6) is 11.5 Å². The van der Waals surface area contributed by atoms with E-state index in [-0.39, 0.29) is 42.4 Å². The molecule has 1 fully saturated rings. The molecule has 5 aromatic rings. The van der Waals surface area contributed by atoms with Crippen molar-refractivity contribution >= 4 is 31.0 Å². The standard InChI is InChI=1S/C46H58N5O9PS/c1-9-58-61(51(31(2)3)32(4)5,49-43(62)47-37-18-14-11-15-19-37)60-45(54)28-41(50-29-33(6)42(52)48-44(50)53)59-40(45)30-57-46(34-16-12-10-13-17-34,35-20-24-38(55-7)25-21-35)36-22-26-39(56-8)27-23-36/h10-27,29,31-32,40-41,54,61H,9,28,30H2,1-8H3,(H2,47,49,62)(H,48,52,53)/t40-,41-,45+/m1/s1. The van der Waals surface area contributed by atoms with Gasteiger partial charge in [0.2, 0.25) is 0 Å². The molecule has 0 amide bonds. The van der Waals surface area contributed by atoms with Crippen molar-refractivity contribution in [2.45, 2.75) is 83.8 Å². The van der Waals surface area contributed by atoms with Gasteiger partial charge < -0.3 is 0 Å². The Hall–Kier alpha value is -4.96. The Bertz CT molecular complexity index is 2310. The fourth-order valence-electron chi connectivity index (χ4n) is 8.06. The van der Waals surface area contributed by atoms with Gasteiger partial charge in [0, 0.05) is 0 Å². The Labute approximate surface area is 368 Å². The van der Waals surface area contributed by atoms with Gasteiger partial charge in [-0.15, -0.1) is 0 Å². The molecule has 0 spiro atoms. The quantitative estimate of drug-likeness (QED) is 0.0299. The number of hydrogen-bond acceptors (Lipinski definition) is 11. The Balaban J connectivity index is 1.51. The first-order valence-corrected chi connectivity index (χ1v) is 22.8. The number of aryl methyl sites for hydroxylation is 1. The first kappa shape index (κ1) is 46.5. The van der Waals surface area contributed by atoms with Crippen LogP contribution in [0.2, 0.25) is 0 Å². The van der Waals surface area contributed by atoms with E-state index in [0.717, 1.165) is 22.4 Å². The van der Waals surface area contributed by atoms with E-state index < -0.39 is 43.0 Å². The molecule has 14 nitrogen and oxygen atoms in total. The number of benzene rings is 4. The average Bonchev–Trinajstić information content (AvgIpc) is 3.57. The SMILES string of the molecule is CCO[PH](NC(=S)Nc1ccccc1)(O[C@@]1(O)C[C@H](n2cc(C)c(=O)[nH]c2=O)O[C@@H]1COC(c1ccccc1)(c1ccc(OC)cc1)c1ccc(OC)cc1)N(C(C)C)C(C)C. The molecule has 0 unspecified atom stereocenters. The van der Waals surface area contributed by atoms with Gasteiger partial charge in [-0.1, -0.05) is 0 Å². The summed E-state index contributed by atoms with van der Waals surface area (Å²) in [6.45, 7) is 11.4. The van der Waals surface area contributed by atoms with Crippen LogP contribution in [-0.2, 0) is 24.1 Å². The molecule has 1 aliphatic heterocycles. The zero-order chi connectivity index (χ0) is 44.7. The van der Waals surface area contributed by atoms with Crippen molar-refractivity contribution in [3.63, 3.8) is 0 Å². The molecule has 1 saturated heterocycles. The van der Waals surface area contributed by atoms with Gasteiger partial charge in [-0.3, -0.25) is 0 Å². The van der Waals surface area contributed by atoms with Crippen LogP contribution in [-0.4, -0.2) is 75.8 Å². The van der Waals surface area contributed by atoms with E-state index in [2.05, 4.69) is 20.1 Å². The third-order valence-electron chi connectivity index (χ3n) is 10.8. The van der Waals surface area contributed by atoms with Crippen LogP contribution < -0.4 is 31.1 Å². The van der Waals surface area contributed by atoms with E-state index in [9.17, 15) is 14.7 Å². The number of ether oxygens (including phenoxy) is 4. The number of nitrogens with zero attached hydrogens (tertiary/aromatic N) is 2. The van der Waals surface area contributed by atoms with Crippen molar-refractivity contribution in [1.29, 1.82) is 0 Å². The fraction of sp³-hybridized carbons (Fsp3) is 0.370. The molecule has 16 heteroatoms.